The highest BCUT2D eigenvalue weighted by Crippen LogP contribution is 2.26. The quantitative estimate of drug-likeness (QED) is 0.745. The maximum atomic E-state index is 10.4. The molecule has 1 rings (SSSR count). The lowest BCUT2D eigenvalue weighted by atomic mass is 10.1. The molecule has 114 valence electrons. The van der Waals surface area contributed by atoms with Crippen LogP contribution in [0.3, 0.4) is 0 Å². The smallest absolute Gasteiger partial charge is 0.161 e. The first-order chi connectivity index (χ1) is 9.62. The Hall–Kier alpha value is -1.59. The zero-order valence-corrected chi connectivity index (χ0v) is 12.6. The number of nitrogens with two attached hydrogens (primary N) is 2. The van der Waals surface area contributed by atoms with Crippen LogP contribution in [0.25, 0.3) is 0 Å². The summed E-state index contributed by atoms with van der Waals surface area (Å²) in [5, 5.41) is 0. The van der Waals surface area contributed by atoms with Crippen molar-refractivity contribution < 1.29 is 14.3 Å². The first-order valence-corrected chi connectivity index (χ1v) is 6.70. The van der Waals surface area contributed by atoms with Crippen LogP contribution in [0.4, 0.5) is 0 Å². The summed E-state index contributed by atoms with van der Waals surface area (Å²) >= 11 is 0. The second-order valence-electron chi connectivity index (χ2n) is 4.50. The van der Waals surface area contributed by atoms with E-state index in [9.17, 15) is 4.79 Å². The highest BCUT2D eigenvalue weighted by atomic mass is 16.5. The maximum Gasteiger partial charge on any atom is 0.161 e. The lowest BCUT2D eigenvalue weighted by molar-refractivity contribution is 0.112. The van der Waals surface area contributed by atoms with E-state index in [-0.39, 0.29) is 0 Å². The number of hydrogen-bond donors (Lipinski definition) is 2. The van der Waals surface area contributed by atoms with Gasteiger partial charge in [-0.15, -0.1) is 0 Å². The molecule has 0 saturated carbocycles. The van der Waals surface area contributed by atoms with Crippen LogP contribution in [-0.4, -0.2) is 33.6 Å². The molecule has 0 aliphatic heterocycles. The summed E-state index contributed by atoms with van der Waals surface area (Å²) in [6, 6.07) is 5.00. The van der Waals surface area contributed by atoms with Gasteiger partial charge in [0.1, 0.15) is 6.29 Å². The van der Waals surface area contributed by atoms with Gasteiger partial charge in [-0.25, -0.2) is 0 Å². The van der Waals surface area contributed by atoms with Crippen molar-refractivity contribution >= 4 is 6.29 Å². The molecule has 0 spiro atoms. The van der Waals surface area contributed by atoms with Crippen molar-refractivity contribution in [1.82, 2.24) is 0 Å². The predicted octanol–water partition coefficient (Wildman–Crippen LogP) is 1.84. The third-order valence-corrected chi connectivity index (χ3v) is 2.85. The number of aldehydes is 1. The van der Waals surface area contributed by atoms with Crippen LogP contribution in [0, 0.1) is 5.92 Å². The molecule has 0 saturated heterocycles. The molecule has 5 nitrogen and oxygen atoms in total. The Morgan fingerprint density at radius 2 is 1.85 bits per heavy atom. The van der Waals surface area contributed by atoms with E-state index >= 15 is 0 Å². The molecule has 0 heterocycles. The number of methoxy groups -OCH3 is 2. The number of rotatable bonds is 7. The number of ether oxygens (including phenoxy) is 2. The third-order valence-electron chi connectivity index (χ3n) is 2.85. The van der Waals surface area contributed by atoms with Crippen molar-refractivity contribution in [2.45, 2.75) is 19.8 Å². The summed E-state index contributed by atoms with van der Waals surface area (Å²) in [6.45, 7) is 3.74. The first-order valence-electron chi connectivity index (χ1n) is 6.70. The van der Waals surface area contributed by atoms with Crippen molar-refractivity contribution in [2.24, 2.45) is 17.4 Å². The van der Waals surface area contributed by atoms with Crippen molar-refractivity contribution in [3.8, 4) is 11.5 Å². The molecule has 1 aromatic rings. The van der Waals surface area contributed by atoms with Crippen LogP contribution in [0.1, 0.15) is 30.1 Å². The molecule has 4 N–H and O–H groups in total. The molecule has 1 aromatic carbocycles. The van der Waals surface area contributed by atoms with Gasteiger partial charge < -0.3 is 20.9 Å². The Kier molecular flexibility index (Phi) is 10.4. The van der Waals surface area contributed by atoms with Gasteiger partial charge >= 0.3 is 0 Å². The van der Waals surface area contributed by atoms with Crippen molar-refractivity contribution in [3.05, 3.63) is 23.8 Å². The SMILES string of the molecule is CC(CN)CCCN.COc1ccc(C=O)cc1OC. The average Bonchev–Trinajstić information content (AvgIpc) is 2.52. The molecule has 0 bridgehead atoms. The van der Waals surface area contributed by atoms with Gasteiger partial charge in [0, 0.05) is 5.56 Å². The molecule has 0 aliphatic rings. The predicted molar refractivity (Wildman–Crippen MR) is 81.4 cm³/mol. The number of hydrogen-bond acceptors (Lipinski definition) is 5. The van der Waals surface area contributed by atoms with Crippen LogP contribution in [0.15, 0.2) is 18.2 Å². The minimum atomic E-state index is 0.571. The zero-order valence-electron chi connectivity index (χ0n) is 12.6. The van der Waals surface area contributed by atoms with Crippen LogP contribution in [-0.2, 0) is 0 Å². The van der Waals surface area contributed by atoms with Gasteiger partial charge in [0.15, 0.2) is 11.5 Å². The van der Waals surface area contributed by atoms with E-state index in [1.807, 2.05) is 0 Å². The third kappa shape index (κ3) is 7.11. The summed E-state index contributed by atoms with van der Waals surface area (Å²) in [4.78, 5) is 10.4. The van der Waals surface area contributed by atoms with Crippen molar-refractivity contribution in [1.29, 1.82) is 0 Å². The second-order valence-corrected chi connectivity index (χ2v) is 4.50. The first kappa shape index (κ1) is 18.4. The summed E-state index contributed by atoms with van der Waals surface area (Å²) in [5.74, 6) is 1.85. The minimum absolute atomic E-state index is 0.571. The van der Waals surface area contributed by atoms with E-state index in [0.717, 1.165) is 25.8 Å². The summed E-state index contributed by atoms with van der Waals surface area (Å²) in [6.07, 6.45) is 3.05. The standard InChI is InChI=1S/C9H10O3.C6H16N2/c1-11-8-4-3-7(6-10)5-9(8)12-2;1-6(5-8)3-2-4-7/h3-6H,1-2H3;6H,2-5,7-8H2,1H3. The molecular weight excluding hydrogens is 256 g/mol. The molecular formula is C15H26N2O3. The zero-order chi connectivity index (χ0) is 15.4. The Balaban J connectivity index is 0.000000396. The summed E-state index contributed by atoms with van der Waals surface area (Å²) < 4.78 is 9.99. The van der Waals surface area contributed by atoms with Crippen LogP contribution < -0.4 is 20.9 Å². The van der Waals surface area contributed by atoms with E-state index in [1.54, 1.807) is 25.3 Å². The van der Waals surface area contributed by atoms with Gasteiger partial charge in [0.2, 0.25) is 0 Å². The second kappa shape index (κ2) is 11.3. The van der Waals surface area contributed by atoms with Crippen LogP contribution in [0.5, 0.6) is 11.5 Å². The van der Waals surface area contributed by atoms with Crippen LogP contribution in [0.2, 0.25) is 0 Å². The largest absolute Gasteiger partial charge is 0.493 e. The Bertz CT molecular complexity index is 383. The molecule has 0 radical (unpaired) electrons. The van der Waals surface area contributed by atoms with E-state index in [1.165, 1.54) is 13.5 Å². The van der Waals surface area contributed by atoms with Gasteiger partial charge in [0.25, 0.3) is 0 Å². The topological polar surface area (TPSA) is 87.6 Å². The molecule has 0 fully saturated rings. The molecule has 1 unspecified atom stereocenters. The fourth-order valence-corrected chi connectivity index (χ4v) is 1.51. The normalized spacial score (nSPS) is 11.1. The fraction of sp³-hybridized carbons (Fsp3) is 0.533. The molecule has 1 atom stereocenters. The lowest BCUT2D eigenvalue weighted by Crippen LogP contribution is -2.12. The molecule has 5 heteroatoms. The Morgan fingerprint density at radius 3 is 2.30 bits per heavy atom. The number of carbonyl (C=O) groups excluding carboxylic acids is 1. The minimum Gasteiger partial charge on any atom is -0.493 e. The highest BCUT2D eigenvalue weighted by Gasteiger charge is 2.02. The molecule has 0 aliphatic carbocycles. The molecule has 20 heavy (non-hydrogen) atoms. The van der Waals surface area contributed by atoms with E-state index in [0.29, 0.717) is 23.0 Å². The monoisotopic (exact) mass is 282 g/mol. The number of benzene rings is 1. The Morgan fingerprint density at radius 1 is 1.20 bits per heavy atom. The van der Waals surface area contributed by atoms with Gasteiger partial charge in [-0.1, -0.05) is 6.92 Å². The van der Waals surface area contributed by atoms with Gasteiger partial charge in [-0.05, 0) is 50.0 Å². The summed E-state index contributed by atoms with van der Waals surface area (Å²) in [5.41, 5.74) is 11.2. The van der Waals surface area contributed by atoms with Crippen LogP contribution >= 0.6 is 0 Å². The van der Waals surface area contributed by atoms with Gasteiger partial charge in [-0.2, -0.15) is 0 Å². The molecule has 0 amide bonds. The Labute approximate surface area is 121 Å². The van der Waals surface area contributed by atoms with Gasteiger partial charge in [-0.3, -0.25) is 4.79 Å². The maximum absolute atomic E-state index is 10.4. The van der Waals surface area contributed by atoms with E-state index in [2.05, 4.69) is 6.92 Å². The van der Waals surface area contributed by atoms with Crippen molar-refractivity contribution in [3.63, 3.8) is 0 Å². The fourth-order valence-electron chi connectivity index (χ4n) is 1.51. The van der Waals surface area contributed by atoms with Gasteiger partial charge in [0.05, 0.1) is 14.2 Å². The molecule has 0 aromatic heterocycles. The average molecular weight is 282 g/mol. The highest BCUT2D eigenvalue weighted by molar-refractivity contribution is 5.76. The summed E-state index contributed by atoms with van der Waals surface area (Å²) in [7, 11) is 3.09. The van der Waals surface area contributed by atoms with E-state index in [4.69, 9.17) is 20.9 Å². The lowest BCUT2D eigenvalue weighted by Gasteiger charge is -2.06. The van der Waals surface area contributed by atoms with E-state index < -0.39 is 0 Å². The van der Waals surface area contributed by atoms with Crippen molar-refractivity contribution in [2.75, 3.05) is 27.3 Å². The number of carbonyl (C=O) groups is 1.